The highest BCUT2D eigenvalue weighted by atomic mass is 19.2. The summed E-state index contributed by atoms with van der Waals surface area (Å²) in [5, 5.41) is 0. The van der Waals surface area contributed by atoms with E-state index in [2.05, 4.69) is 21.3 Å². The van der Waals surface area contributed by atoms with Crippen LogP contribution < -0.4 is 9.47 Å². The third-order valence-corrected chi connectivity index (χ3v) is 2.97. The van der Waals surface area contributed by atoms with Crippen molar-refractivity contribution in [2.45, 2.75) is 6.92 Å². The number of hydrogen-bond donors (Lipinski definition) is 0. The SMILES string of the molecule is C=C(C)c1ncnc(C(=O)Oc2c(F)c(F)c(F)c(F)c2F)c1OC. The molecule has 1 aromatic heterocycles. The Balaban J connectivity index is 2.53. The smallest absolute Gasteiger partial charge is 0.366 e. The molecule has 0 atom stereocenters. The Morgan fingerprint density at radius 1 is 0.920 bits per heavy atom. The number of halogens is 5. The lowest BCUT2D eigenvalue weighted by Gasteiger charge is -2.12. The predicted octanol–water partition coefficient (Wildman–Crippen LogP) is 3.43. The number of ether oxygens (including phenoxy) is 2. The van der Waals surface area contributed by atoms with Gasteiger partial charge in [-0.1, -0.05) is 6.58 Å². The number of hydrogen-bond acceptors (Lipinski definition) is 5. The van der Waals surface area contributed by atoms with Gasteiger partial charge in [-0.25, -0.2) is 27.9 Å². The van der Waals surface area contributed by atoms with Gasteiger partial charge in [-0.05, 0) is 12.5 Å². The Labute approximate surface area is 137 Å². The van der Waals surface area contributed by atoms with Gasteiger partial charge in [0.05, 0.1) is 7.11 Å². The van der Waals surface area contributed by atoms with E-state index >= 15 is 0 Å². The normalized spacial score (nSPS) is 10.5. The Morgan fingerprint density at radius 2 is 1.40 bits per heavy atom. The van der Waals surface area contributed by atoms with Crippen LogP contribution in [0.25, 0.3) is 5.57 Å². The van der Waals surface area contributed by atoms with Crippen molar-refractivity contribution < 1.29 is 36.2 Å². The average molecular weight is 360 g/mol. The van der Waals surface area contributed by atoms with Gasteiger partial charge in [-0.3, -0.25) is 0 Å². The molecule has 0 saturated carbocycles. The molecule has 0 saturated heterocycles. The molecular weight excluding hydrogens is 351 g/mol. The molecular formula is C15H9F5N2O3. The van der Waals surface area contributed by atoms with Crippen molar-refractivity contribution in [2.24, 2.45) is 0 Å². The monoisotopic (exact) mass is 360 g/mol. The average Bonchev–Trinajstić information content (AvgIpc) is 2.60. The van der Waals surface area contributed by atoms with E-state index in [1.165, 1.54) is 6.92 Å². The summed E-state index contributed by atoms with van der Waals surface area (Å²) in [6.45, 7) is 5.13. The minimum atomic E-state index is -2.38. The Bertz CT molecular complexity index is 857. The van der Waals surface area contributed by atoms with E-state index in [0.717, 1.165) is 13.4 Å². The van der Waals surface area contributed by atoms with Crippen LogP contribution in [0, 0.1) is 29.1 Å². The van der Waals surface area contributed by atoms with E-state index < -0.39 is 46.5 Å². The number of methoxy groups -OCH3 is 1. The first-order valence-corrected chi connectivity index (χ1v) is 6.49. The van der Waals surface area contributed by atoms with Crippen molar-refractivity contribution in [1.29, 1.82) is 0 Å². The summed E-state index contributed by atoms with van der Waals surface area (Å²) >= 11 is 0. The van der Waals surface area contributed by atoms with Crippen molar-refractivity contribution >= 4 is 11.5 Å². The summed E-state index contributed by atoms with van der Waals surface area (Å²) < 4.78 is 75.8. The highest BCUT2D eigenvalue weighted by Gasteiger charge is 2.30. The maximum Gasteiger partial charge on any atom is 0.366 e. The fraction of sp³-hybridized carbons (Fsp3) is 0.133. The summed E-state index contributed by atoms with van der Waals surface area (Å²) in [6.07, 6.45) is 0.918. The molecule has 0 N–H and O–H groups in total. The zero-order valence-corrected chi connectivity index (χ0v) is 12.8. The van der Waals surface area contributed by atoms with Gasteiger partial charge in [0, 0.05) is 0 Å². The summed E-state index contributed by atoms with van der Waals surface area (Å²) in [6, 6.07) is 0. The minimum absolute atomic E-state index is 0.0989. The highest BCUT2D eigenvalue weighted by molar-refractivity contribution is 5.93. The lowest BCUT2D eigenvalue weighted by molar-refractivity contribution is 0.0705. The summed E-state index contributed by atoms with van der Waals surface area (Å²) in [5.41, 5.74) is -0.120. The first-order valence-electron chi connectivity index (χ1n) is 6.49. The second-order valence-corrected chi connectivity index (χ2v) is 4.67. The molecule has 0 aliphatic heterocycles. The number of carbonyl (C=O) groups excluding carboxylic acids is 1. The third kappa shape index (κ3) is 3.14. The minimum Gasteiger partial charge on any atom is -0.492 e. The van der Waals surface area contributed by atoms with Crippen molar-refractivity contribution in [2.75, 3.05) is 7.11 Å². The van der Waals surface area contributed by atoms with Gasteiger partial charge in [0.15, 0.2) is 11.4 Å². The largest absolute Gasteiger partial charge is 0.492 e. The van der Waals surface area contributed by atoms with Crippen LogP contribution in [-0.4, -0.2) is 23.0 Å². The summed E-state index contributed by atoms with van der Waals surface area (Å²) in [4.78, 5) is 19.5. The zero-order chi connectivity index (χ0) is 18.9. The molecule has 0 bridgehead atoms. The van der Waals surface area contributed by atoms with Crippen molar-refractivity contribution in [3.63, 3.8) is 0 Å². The van der Waals surface area contributed by atoms with Crippen LogP contribution in [0.3, 0.4) is 0 Å². The van der Waals surface area contributed by atoms with E-state index in [0.29, 0.717) is 5.57 Å². The molecule has 2 aromatic rings. The molecule has 25 heavy (non-hydrogen) atoms. The van der Waals surface area contributed by atoms with Gasteiger partial charge in [0.25, 0.3) is 0 Å². The Kier molecular flexibility index (Phi) is 5.00. The second kappa shape index (κ2) is 6.83. The quantitative estimate of drug-likeness (QED) is 0.275. The van der Waals surface area contributed by atoms with Gasteiger partial charge in [0.1, 0.15) is 12.0 Å². The van der Waals surface area contributed by atoms with Crippen LogP contribution in [0.1, 0.15) is 23.1 Å². The number of carbonyl (C=O) groups is 1. The van der Waals surface area contributed by atoms with Crippen LogP contribution in [0.15, 0.2) is 12.9 Å². The van der Waals surface area contributed by atoms with E-state index in [-0.39, 0.29) is 11.4 Å². The predicted molar refractivity (Wildman–Crippen MR) is 74.5 cm³/mol. The zero-order valence-electron chi connectivity index (χ0n) is 12.8. The third-order valence-electron chi connectivity index (χ3n) is 2.97. The van der Waals surface area contributed by atoms with Crippen LogP contribution >= 0.6 is 0 Å². The molecule has 5 nitrogen and oxygen atoms in total. The van der Waals surface area contributed by atoms with Gasteiger partial charge >= 0.3 is 5.97 Å². The number of allylic oxidation sites excluding steroid dienone is 1. The molecule has 0 radical (unpaired) electrons. The molecule has 0 unspecified atom stereocenters. The number of benzene rings is 1. The standard InChI is InChI=1S/C15H9F5N2O3/c1-5(2)11-14(24-3)12(22-4-21-11)15(23)25-13-9(19)7(17)6(16)8(18)10(13)20/h4H,1H2,2-3H3. The van der Waals surface area contributed by atoms with Crippen molar-refractivity contribution in [3.05, 3.63) is 53.4 Å². The number of esters is 1. The second-order valence-electron chi connectivity index (χ2n) is 4.67. The van der Waals surface area contributed by atoms with Crippen LogP contribution in [0.5, 0.6) is 11.5 Å². The van der Waals surface area contributed by atoms with Crippen LogP contribution in [0.4, 0.5) is 22.0 Å². The molecule has 0 fully saturated rings. The summed E-state index contributed by atoms with van der Waals surface area (Å²) in [7, 11) is 1.15. The highest BCUT2D eigenvalue weighted by Crippen LogP contribution is 2.31. The van der Waals surface area contributed by atoms with Gasteiger partial charge in [-0.15, -0.1) is 0 Å². The van der Waals surface area contributed by atoms with Gasteiger partial charge < -0.3 is 9.47 Å². The van der Waals surface area contributed by atoms with Crippen molar-refractivity contribution in [1.82, 2.24) is 9.97 Å². The molecule has 2 rings (SSSR count). The first-order chi connectivity index (χ1) is 11.7. The first kappa shape index (κ1) is 18.3. The fourth-order valence-corrected chi connectivity index (χ4v) is 1.83. The molecule has 1 heterocycles. The Hall–Kier alpha value is -3.04. The molecule has 132 valence electrons. The van der Waals surface area contributed by atoms with Crippen LogP contribution in [-0.2, 0) is 0 Å². The number of nitrogens with zero attached hydrogens (tertiary/aromatic N) is 2. The topological polar surface area (TPSA) is 61.3 Å². The van der Waals surface area contributed by atoms with E-state index in [4.69, 9.17) is 4.74 Å². The maximum absolute atomic E-state index is 13.6. The molecule has 0 aliphatic rings. The number of rotatable bonds is 4. The number of aromatic nitrogens is 2. The molecule has 0 amide bonds. The lowest BCUT2D eigenvalue weighted by atomic mass is 10.2. The Morgan fingerprint density at radius 3 is 1.88 bits per heavy atom. The molecule has 0 aliphatic carbocycles. The van der Waals surface area contributed by atoms with E-state index in [1.54, 1.807) is 0 Å². The van der Waals surface area contributed by atoms with E-state index in [1.807, 2.05) is 0 Å². The maximum atomic E-state index is 13.6. The van der Waals surface area contributed by atoms with Crippen LogP contribution in [0.2, 0.25) is 0 Å². The molecule has 1 aromatic carbocycles. The van der Waals surface area contributed by atoms with Crippen molar-refractivity contribution in [3.8, 4) is 11.5 Å². The molecule has 0 spiro atoms. The van der Waals surface area contributed by atoms with Gasteiger partial charge in [0.2, 0.25) is 34.8 Å². The lowest BCUT2D eigenvalue weighted by Crippen LogP contribution is -2.17. The fourth-order valence-electron chi connectivity index (χ4n) is 1.83. The molecule has 10 heteroatoms. The van der Waals surface area contributed by atoms with Gasteiger partial charge in [-0.2, -0.15) is 8.78 Å². The summed E-state index contributed by atoms with van der Waals surface area (Å²) in [5.74, 6) is -15.0. The van der Waals surface area contributed by atoms with E-state index in [9.17, 15) is 26.7 Å².